The highest BCUT2D eigenvalue weighted by molar-refractivity contribution is 5.99. The van der Waals surface area contributed by atoms with E-state index in [1.54, 1.807) is 12.1 Å². The van der Waals surface area contributed by atoms with E-state index < -0.39 is 18.4 Å². The largest absolute Gasteiger partial charge is 0.480 e. The van der Waals surface area contributed by atoms with Crippen LogP contribution in [0, 0.1) is 0 Å². The first-order valence-electron chi connectivity index (χ1n) is 6.96. The minimum atomic E-state index is -1.07. The third kappa shape index (κ3) is 3.93. The Morgan fingerprint density at radius 1 is 1.00 bits per heavy atom. The lowest BCUT2D eigenvalue weighted by atomic mass is 10.0. The fourth-order valence-electron chi connectivity index (χ4n) is 2.29. The van der Waals surface area contributed by atoms with Crippen LogP contribution in [0.3, 0.4) is 0 Å². The second kappa shape index (κ2) is 7.38. The summed E-state index contributed by atoms with van der Waals surface area (Å²) in [5.74, 6) is -1.49. The van der Waals surface area contributed by atoms with Crippen LogP contribution in [0.1, 0.15) is 11.1 Å². The summed E-state index contributed by atoms with van der Waals surface area (Å²) in [6, 6.07) is 17.1. The zero-order valence-corrected chi connectivity index (χ0v) is 12.1. The summed E-state index contributed by atoms with van der Waals surface area (Å²) in [5, 5.41) is 9.04. The lowest BCUT2D eigenvalue weighted by Gasteiger charge is -2.23. The van der Waals surface area contributed by atoms with Crippen LogP contribution in [-0.2, 0) is 16.0 Å². The van der Waals surface area contributed by atoms with Crippen LogP contribution in [0.25, 0.3) is 0 Å². The van der Waals surface area contributed by atoms with Gasteiger partial charge in [0.1, 0.15) is 6.54 Å². The molecule has 2 aromatic rings. The van der Waals surface area contributed by atoms with Gasteiger partial charge in [-0.2, -0.15) is 0 Å². The van der Waals surface area contributed by atoms with E-state index in [-0.39, 0.29) is 6.54 Å². The first-order chi connectivity index (χ1) is 10.6. The molecular weight excluding hydrogens is 280 g/mol. The molecule has 0 heterocycles. The Balaban J connectivity index is 2.36. The molecule has 0 spiro atoms. The van der Waals surface area contributed by atoms with Crippen LogP contribution < -0.4 is 10.6 Å². The molecule has 0 aliphatic heterocycles. The zero-order chi connectivity index (χ0) is 15.9. The molecule has 0 aliphatic rings. The van der Waals surface area contributed by atoms with E-state index >= 15 is 0 Å². The summed E-state index contributed by atoms with van der Waals surface area (Å²) in [6.07, 6.45) is 0.616. The topological polar surface area (TPSA) is 83.6 Å². The van der Waals surface area contributed by atoms with Gasteiger partial charge in [-0.25, -0.2) is 0 Å². The van der Waals surface area contributed by atoms with Gasteiger partial charge >= 0.3 is 5.97 Å². The van der Waals surface area contributed by atoms with Crippen molar-refractivity contribution < 1.29 is 14.7 Å². The number of nitrogens with two attached hydrogens (primary N) is 1. The van der Waals surface area contributed by atoms with Crippen molar-refractivity contribution in [2.24, 2.45) is 5.73 Å². The van der Waals surface area contributed by atoms with Crippen molar-refractivity contribution in [3.63, 3.8) is 0 Å². The molecule has 1 amide bonds. The lowest BCUT2D eigenvalue weighted by Crippen LogP contribution is -2.40. The van der Waals surface area contributed by atoms with Crippen LogP contribution in [0.4, 0.5) is 5.69 Å². The van der Waals surface area contributed by atoms with Crippen molar-refractivity contribution in [1.82, 2.24) is 0 Å². The molecule has 0 fully saturated rings. The van der Waals surface area contributed by atoms with E-state index in [1.165, 1.54) is 4.90 Å². The summed E-state index contributed by atoms with van der Waals surface area (Å²) in [7, 11) is 0. The maximum absolute atomic E-state index is 12.0. The van der Waals surface area contributed by atoms with Crippen LogP contribution in [0.2, 0.25) is 0 Å². The van der Waals surface area contributed by atoms with E-state index in [1.807, 2.05) is 42.5 Å². The molecule has 0 unspecified atom stereocenters. The van der Waals surface area contributed by atoms with Crippen molar-refractivity contribution in [1.29, 1.82) is 0 Å². The van der Waals surface area contributed by atoms with Gasteiger partial charge in [0.05, 0.1) is 6.54 Å². The average molecular weight is 298 g/mol. The van der Waals surface area contributed by atoms with Crippen LogP contribution >= 0.6 is 0 Å². The third-order valence-electron chi connectivity index (χ3n) is 3.29. The average Bonchev–Trinajstić information content (AvgIpc) is 2.53. The molecule has 0 bridgehead atoms. The number of carboxylic acid groups (broad SMARTS) is 1. The standard InChI is InChI=1S/C17H18N2O3/c18-11-16(20)19(12-17(21)22)15-9-5-4-8-14(15)10-13-6-2-1-3-7-13/h1-9H,10-12,18H2,(H,21,22). The maximum Gasteiger partial charge on any atom is 0.323 e. The number of benzene rings is 2. The number of carbonyl (C=O) groups is 2. The number of hydrogen-bond donors (Lipinski definition) is 2. The molecule has 0 radical (unpaired) electrons. The summed E-state index contributed by atoms with van der Waals surface area (Å²) in [5.41, 5.74) is 7.97. The molecule has 22 heavy (non-hydrogen) atoms. The van der Waals surface area contributed by atoms with Gasteiger partial charge in [0, 0.05) is 5.69 Å². The highest BCUT2D eigenvalue weighted by atomic mass is 16.4. The normalized spacial score (nSPS) is 10.2. The summed E-state index contributed by atoms with van der Waals surface area (Å²) in [4.78, 5) is 24.3. The predicted molar refractivity (Wildman–Crippen MR) is 84.7 cm³/mol. The summed E-state index contributed by atoms with van der Waals surface area (Å²) in [6.45, 7) is -0.630. The number of rotatable bonds is 6. The van der Waals surface area contributed by atoms with Gasteiger partial charge in [0.25, 0.3) is 0 Å². The Bertz CT molecular complexity index is 656. The molecule has 0 aromatic heterocycles. The molecule has 0 saturated heterocycles. The van der Waals surface area contributed by atoms with Gasteiger partial charge in [-0.1, -0.05) is 48.5 Å². The van der Waals surface area contributed by atoms with E-state index in [4.69, 9.17) is 10.8 Å². The van der Waals surface area contributed by atoms with Crippen molar-refractivity contribution >= 4 is 17.6 Å². The fourth-order valence-corrected chi connectivity index (χ4v) is 2.29. The molecule has 2 rings (SSSR count). The van der Waals surface area contributed by atoms with Gasteiger partial charge in [0.2, 0.25) is 5.91 Å². The predicted octanol–water partition coefficient (Wildman–Crippen LogP) is 1.65. The highest BCUT2D eigenvalue weighted by Gasteiger charge is 2.20. The monoisotopic (exact) mass is 298 g/mol. The Morgan fingerprint density at radius 2 is 1.64 bits per heavy atom. The van der Waals surface area contributed by atoms with Crippen LogP contribution in [0.15, 0.2) is 54.6 Å². The Morgan fingerprint density at radius 3 is 2.27 bits per heavy atom. The van der Waals surface area contributed by atoms with Crippen molar-refractivity contribution in [2.45, 2.75) is 6.42 Å². The smallest absolute Gasteiger partial charge is 0.323 e. The minimum absolute atomic E-state index is 0.229. The second-order valence-electron chi connectivity index (χ2n) is 4.87. The quantitative estimate of drug-likeness (QED) is 0.849. The van der Waals surface area contributed by atoms with Gasteiger partial charge in [-0.15, -0.1) is 0 Å². The molecular formula is C17H18N2O3. The van der Waals surface area contributed by atoms with Gasteiger partial charge < -0.3 is 10.8 Å². The SMILES string of the molecule is NCC(=O)N(CC(=O)O)c1ccccc1Cc1ccccc1. The number of amides is 1. The number of hydrogen-bond acceptors (Lipinski definition) is 3. The minimum Gasteiger partial charge on any atom is -0.480 e. The van der Waals surface area contributed by atoms with E-state index in [2.05, 4.69) is 0 Å². The summed E-state index contributed by atoms with van der Waals surface area (Å²) < 4.78 is 0. The molecule has 5 nitrogen and oxygen atoms in total. The van der Waals surface area contributed by atoms with E-state index in [0.717, 1.165) is 11.1 Å². The number of anilines is 1. The van der Waals surface area contributed by atoms with E-state index in [0.29, 0.717) is 12.1 Å². The van der Waals surface area contributed by atoms with Crippen molar-refractivity contribution in [3.05, 3.63) is 65.7 Å². The molecule has 0 aliphatic carbocycles. The van der Waals surface area contributed by atoms with Crippen LogP contribution in [-0.4, -0.2) is 30.1 Å². The number of carbonyl (C=O) groups excluding carboxylic acids is 1. The third-order valence-corrected chi connectivity index (χ3v) is 3.29. The Hall–Kier alpha value is -2.66. The molecule has 0 atom stereocenters. The molecule has 3 N–H and O–H groups in total. The number of carboxylic acids is 1. The van der Waals surface area contributed by atoms with Crippen molar-refractivity contribution in [2.75, 3.05) is 18.0 Å². The number of aliphatic carboxylic acids is 1. The van der Waals surface area contributed by atoms with Crippen molar-refractivity contribution in [3.8, 4) is 0 Å². The molecule has 114 valence electrons. The van der Waals surface area contributed by atoms with Gasteiger partial charge in [0.15, 0.2) is 0 Å². The number of para-hydroxylation sites is 1. The Labute approximate surface area is 129 Å². The first kappa shape index (κ1) is 15.7. The molecule has 5 heteroatoms. The lowest BCUT2D eigenvalue weighted by molar-refractivity contribution is -0.136. The van der Waals surface area contributed by atoms with E-state index in [9.17, 15) is 9.59 Å². The fraction of sp³-hybridized carbons (Fsp3) is 0.176. The molecule has 2 aromatic carbocycles. The first-order valence-corrected chi connectivity index (χ1v) is 6.96. The Kier molecular flexibility index (Phi) is 5.27. The second-order valence-corrected chi connectivity index (χ2v) is 4.87. The van der Waals surface area contributed by atoms with Gasteiger partial charge in [-0.3, -0.25) is 14.5 Å². The highest BCUT2D eigenvalue weighted by Crippen LogP contribution is 2.23. The van der Waals surface area contributed by atoms with Crippen LogP contribution in [0.5, 0.6) is 0 Å². The number of nitrogens with zero attached hydrogens (tertiary/aromatic N) is 1. The maximum atomic E-state index is 12.0. The summed E-state index contributed by atoms with van der Waals surface area (Å²) >= 11 is 0. The molecule has 0 saturated carbocycles. The zero-order valence-electron chi connectivity index (χ0n) is 12.1. The van der Waals surface area contributed by atoms with Gasteiger partial charge in [-0.05, 0) is 23.6 Å².